The molecule has 1 aliphatic carbocycles. The number of rotatable bonds is 2. The Balaban J connectivity index is 1.86. The van der Waals surface area contributed by atoms with Gasteiger partial charge in [-0.2, -0.15) is 0 Å². The number of hydrogen-bond acceptors (Lipinski definition) is 4. The van der Waals surface area contributed by atoms with Crippen LogP contribution in [0.1, 0.15) is 32.1 Å². The van der Waals surface area contributed by atoms with E-state index in [1.54, 1.807) is 18.6 Å². The molecule has 19 heavy (non-hydrogen) atoms. The average Bonchev–Trinajstić information content (AvgIpc) is 2.80. The highest BCUT2D eigenvalue weighted by atomic mass is 16.4. The van der Waals surface area contributed by atoms with Crippen LogP contribution in [0.15, 0.2) is 18.6 Å². The molecular formula is C14H19N3O2. The van der Waals surface area contributed by atoms with E-state index in [2.05, 4.69) is 14.9 Å². The minimum Gasteiger partial charge on any atom is -0.481 e. The Morgan fingerprint density at radius 2 is 2.11 bits per heavy atom. The Kier molecular flexibility index (Phi) is 3.12. The van der Waals surface area contributed by atoms with Crippen molar-refractivity contribution in [3.63, 3.8) is 0 Å². The van der Waals surface area contributed by atoms with Crippen molar-refractivity contribution in [1.82, 2.24) is 9.97 Å². The van der Waals surface area contributed by atoms with Gasteiger partial charge in [0.1, 0.15) is 5.82 Å². The molecule has 2 fully saturated rings. The van der Waals surface area contributed by atoms with Crippen LogP contribution in [0, 0.1) is 11.3 Å². The maximum absolute atomic E-state index is 11.6. The second-order valence-corrected chi connectivity index (χ2v) is 5.76. The Hall–Kier alpha value is -1.65. The molecule has 2 aliphatic rings. The quantitative estimate of drug-likeness (QED) is 0.881. The first-order valence-corrected chi connectivity index (χ1v) is 6.95. The van der Waals surface area contributed by atoms with Crippen molar-refractivity contribution >= 4 is 11.8 Å². The summed E-state index contributed by atoms with van der Waals surface area (Å²) in [5, 5.41) is 9.53. The van der Waals surface area contributed by atoms with Crippen LogP contribution in [0.2, 0.25) is 0 Å². The molecule has 102 valence electrons. The molecule has 0 amide bonds. The van der Waals surface area contributed by atoms with Crippen LogP contribution in [0.5, 0.6) is 0 Å². The van der Waals surface area contributed by atoms with Crippen LogP contribution in [0.25, 0.3) is 0 Å². The van der Waals surface area contributed by atoms with Gasteiger partial charge < -0.3 is 10.0 Å². The molecule has 0 bridgehead atoms. The number of aromatic nitrogens is 2. The maximum atomic E-state index is 11.6. The molecule has 1 saturated heterocycles. The van der Waals surface area contributed by atoms with E-state index >= 15 is 0 Å². The van der Waals surface area contributed by atoms with Gasteiger partial charge in [0.15, 0.2) is 0 Å². The van der Waals surface area contributed by atoms with Crippen molar-refractivity contribution < 1.29 is 9.90 Å². The number of carboxylic acid groups (broad SMARTS) is 1. The van der Waals surface area contributed by atoms with Gasteiger partial charge in [-0.3, -0.25) is 9.78 Å². The molecular weight excluding hydrogens is 242 g/mol. The molecule has 0 radical (unpaired) electrons. The van der Waals surface area contributed by atoms with Gasteiger partial charge in [0.05, 0.1) is 12.1 Å². The lowest BCUT2D eigenvalue weighted by Crippen LogP contribution is -2.36. The topological polar surface area (TPSA) is 66.3 Å². The molecule has 5 nitrogen and oxygen atoms in total. The summed E-state index contributed by atoms with van der Waals surface area (Å²) in [6.45, 7) is 1.37. The number of carbonyl (C=O) groups is 1. The van der Waals surface area contributed by atoms with Crippen LogP contribution >= 0.6 is 0 Å². The zero-order valence-corrected chi connectivity index (χ0v) is 11.0. The molecule has 1 aromatic rings. The minimum absolute atomic E-state index is 0.0540. The van der Waals surface area contributed by atoms with Gasteiger partial charge in [-0.25, -0.2) is 4.98 Å². The molecule has 5 heteroatoms. The SMILES string of the molecule is O=C(O)[C@H]1CN(c2cnccn2)CC12CCCCC2. The van der Waals surface area contributed by atoms with Gasteiger partial charge in [-0.15, -0.1) is 0 Å². The molecule has 1 aromatic heterocycles. The van der Waals surface area contributed by atoms with Crippen LogP contribution in [0.4, 0.5) is 5.82 Å². The molecule has 0 unspecified atom stereocenters. The number of nitrogens with zero attached hydrogens (tertiary/aromatic N) is 3. The Morgan fingerprint density at radius 3 is 2.74 bits per heavy atom. The maximum Gasteiger partial charge on any atom is 0.308 e. The third-order valence-electron chi connectivity index (χ3n) is 4.67. The number of aliphatic carboxylic acids is 1. The number of hydrogen-bond donors (Lipinski definition) is 1. The number of carboxylic acids is 1. The van der Waals surface area contributed by atoms with Gasteiger partial charge in [0.25, 0.3) is 0 Å². The van der Waals surface area contributed by atoms with E-state index in [0.717, 1.165) is 38.0 Å². The summed E-state index contributed by atoms with van der Waals surface area (Å²) in [5.41, 5.74) is -0.0540. The number of anilines is 1. The highest BCUT2D eigenvalue weighted by Crippen LogP contribution is 2.48. The Bertz CT molecular complexity index is 457. The zero-order chi connectivity index (χ0) is 13.3. The molecule has 1 N–H and O–H groups in total. The van der Waals surface area contributed by atoms with E-state index in [1.807, 2.05) is 0 Å². The standard InChI is InChI=1S/C14H19N3O2/c18-13(19)11-9-17(12-8-15-6-7-16-12)10-14(11)4-2-1-3-5-14/h6-8,11H,1-5,9-10H2,(H,18,19)/t11-/m1/s1. The summed E-state index contributed by atoms with van der Waals surface area (Å²) in [6, 6.07) is 0. The van der Waals surface area contributed by atoms with Crippen molar-refractivity contribution in [3.05, 3.63) is 18.6 Å². The van der Waals surface area contributed by atoms with Crippen molar-refractivity contribution in [2.45, 2.75) is 32.1 Å². The van der Waals surface area contributed by atoms with Gasteiger partial charge in [0, 0.05) is 30.9 Å². The normalized spacial score (nSPS) is 25.7. The lowest BCUT2D eigenvalue weighted by atomic mass is 9.68. The Morgan fingerprint density at radius 1 is 1.32 bits per heavy atom. The van der Waals surface area contributed by atoms with Crippen LogP contribution in [0.3, 0.4) is 0 Å². The molecule has 2 heterocycles. The van der Waals surface area contributed by atoms with Crippen LogP contribution < -0.4 is 4.90 Å². The summed E-state index contributed by atoms with van der Waals surface area (Å²) in [5.74, 6) is -0.126. The van der Waals surface area contributed by atoms with Crippen molar-refractivity contribution in [3.8, 4) is 0 Å². The predicted molar refractivity (Wildman–Crippen MR) is 70.9 cm³/mol. The fraction of sp³-hybridized carbons (Fsp3) is 0.643. The van der Waals surface area contributed by atoms with E-state index in [4.69, 9.17) is 0 Å². The zero-order valence-electron chi connectivity index (χ0n) is 11.0. The third kappa shape index (κ3) is 2.17. The highest BCUT2D eigenvalue weighted by molar-refractivity contribution is 5.73. The van der Waals surface area contributed by atoms with Crippen LogP contribution in [-0.4, -0.2) is 34.1 Å². The van der Waals surface area contributed by atoms with Crippen molar-refractivity contribution in [1.29, 1.82) is 0 Å². The summed E-state index contributed by atoms with van der Waals surface area (Å²) in [7, 11) is 0. The molecule has 3 rings (SSSR count). The Labute approximate surface area is 112 Å². The van der Waals surface area contributed by atoms with Crippen molar-refractivity contribution in [2.24, 2.45) is 11.3 Å². The lowest BCUT2D eigenvalue weighted by Gasteiger charge is -2.36. The fourth-order valence-electron chi connectivity index (χ4n) is 3.70. The summed E-state index contributed by atoms with van der Waals surface area (Å²) >= 11 is 0. The molecule has 1 aliphatic heterocycles. The lowest BCUT2D eigenvalue weighted by molar-refractivity contribution is -0.145. The summed E-state index contributed by atoms with van der Waals surface area (Å²) < 4.78 is 0. The smallest absolute Gasteiger partial charge is 0.308 e. The van der Waals surface area contributed by atoms with Gasteiger partial charge in [-0.05, 0) is 12.8 Å². The van der Waals surface area contributed by atoms with Crippen molar-refractivity contribution in [2.75, 3.05) is 18.0 Å². The molecule has 1 atom stereocenters. The summed E-state index contributed by atoms with van der Waals surface area (Å²) in [6.07, 6.45) is 10.6. The first kappa shape index (κ1) is 12.4. The van der Waals surface area contributed by atoms with E-state index in [1.165, 1.54) is 6.42 Å². The third-order valence-corrected chi connectivity index (χ3v) is 4.67. The minimum atomic E-state index is -0.659. The second kappa shape index (κ2) is 4.79. The highest BCUT2D eigenvalue weighted by Gasteiger charge is 2.50. The van der Waals surface area contributed by atoms with E-state index in [0.29, 0.717) is 6.54 Å². The molecule has 1 spiro atoms. The largest absolute Gasteiger partial charge is 0.481 e. The predicted octanol–water partition coefficient (Wildman–Crippen LogP) is 1.95. The second-order valence-electron chi connectivity index (χ2n) is 5.76. The first-order chi connectivity index (χ1) is 9.21. The van der Waals surface area contributed by atoms with Gasteiger partial charge in [0.2, 0.25) is 0 Å². The monoisotopic (exact) mass is 261 g/mol. The molecule has 1 saturated carbocycles. The van der Waals surface area contributed by atoms with E-state index in [-0.39, 0.29) is 11.3 Å². The van der Waals surface area contributed by atoms with Gasteiger partial charge >= 0.3 is 5.97 Å². The van der Waals surface area contributed by atoms with E-state index < -0.39 is 5.97 Å². The average molecular weight is 261 g/mol. The molecule has 0 aromatic carbocycles. The van der Waals surface area contributed by atoms with Crippen LogP contribution in [-0.2, 0) is 4.79 Å². The van der Waals surface area contributed by atoms with Gasteiger partial charge in [-0.1, -0.05) is 19.3 Å². The summed E-state index contributed by atoms with van der Waals surface area (Å²) in [4.78, 5) is 22.1. The first-order valence-electron chi connectivity index (χ1n) is 6.95. The fourth-order valence-corrected chi connectivity index (χ4v) is 3.70. The van der Waals surface area contributed by atoms with E-state index in [9.17, 15) is 9.90 Å².